The molecule has 0 spiro atoms. The number of carbonyl (C=O) groups excluding carboxylic acids is 2. The Morgan fingerprint density at radius 1 is 1.17 bits per heavy atom. The Bertz CT molecular complexity index is 984. The molecule has 0 aliphatic carbocycles. The van der Waals surface area contributed by atoms with Gasteiger partial charge < -0.3 is 10.4 Å². The summed E-state index contributed by atoms with van der Waals surface area (Å²) in [7, 11) is 0. The van der Waals surface area contributed by atoms with Crippen LogP contribution in [-0.2, 0) is 11.2 Å². The molecule has 0 saturated carbocycles. The molecule has 0 unspecified atom stereocenters. The van der Waals surface area contributed by atoms with Crippen molar-refractivity contribution in [3.05, 3.63) is 73.5 Å². The average Bonchev–Trinajstić information content (AvgIpc) is 2.68. The smallest absolute Gasteiger partial charge is 0.226 e. The second-order valence-corrected chi connectivity index (χ2v) is 7.81. The summed E-state index contributed by atoms with van der Waals surface area (Å²) in [6.45, 7) is 10.1. The molecule has 0 radical (unpaired) electrons. The summed E-state index contributed by atoms with van der Waals surface area (Å²) in [6, 6.07) is 7.78. The minimum absolute atomic E-state index is 0.217. The maximum atomic E-state index is 12.6. The molecule has 2 aromatic rings. The lowest BCUT2D eigenvalue weighted by molar-refractivity contribution is -0.127. The summed E-state index contributed by atoms with van der Waals surface area (Å²) in [5, 5.41) is 13.6. The first-order valence-corrected chi connectivity index (χ1v) is 9.88. The predicted octanol–water partition coefficient (Wildman–Crippen LogP) is 5.04. The maximum absolute atomic E-state index is 12.6. The maximum Gasteiger partial charge on any atom is 0.226 e. The molecule has 5 nitrogen and oxygen atoms in total. The fraction of sp³-hybridized carbons (Fsp3) is 0.286. The third-order valence-corrected chi connectivity index (χ3v) is 5.84. The number of nitrogens with one attached hydrogen (secondary N) is 1. The van der Waals surface area contributed by atoms with Gasteiger partial charge in [-0.05, 0) is 49.6 Å². The first kappa shape index (κ1) is 23.2. The van der Waals surface area contributed by atoms with Crippen LogP contribution in [0, 0.1) is 19.4 Å². The summed E-state index contributed by atoms with van der Waals surface area (Å²) in [6.07, 6.45) is -0.734. The summed E-state index contributed by atoms with van der Waals surface area (Å²) in [4.78, 5) is 28.3. The third kappa shape index (κ3) is 5.71. The number of aliphatic hydroxyl groups excluding tert-OH is 1. The molecular weight excluding hydrogens is 435 g/mol. The molecule has 2 rings (SSSR count). The number of ketones is 1. The number of hydrogen-bond acceptors (Lipinski definition) is 3. The van der Waals surface area contributed by atoms with E-state index in [0.29, 0.717) is 26.9 Å². The molecule has 0 aromatic heterocycles. The molecule has 0 aliphatic heterocycles. The Morgan fingerprint density at radius 3 is 2.45 bits per heavy atom. The van der Waals surface area contributed by atoms with E-state index in [1.54, 1.807) is 19.1 Å². The van der Waals surface area contributed by atoms with E-state index in [9.17, 15) is 14.7 Å². The number of aliphatic hydroxyl groups is 1. The number of rotatable bonds is 7. The fourth-order valence-electron chi connectivity index (χ4n) is 2.81. The van der Waals surface area contributed by atoms with E-state index in [1.807, 2.05) is 0 Å². The fourth-order valence-corrected chi connectivity index (χ4v) is 3.33. The van der Waals surface area contributed by atoms with Gasteiger partial charge in [0.25, 0.3) is 0 Å². The van der Waals surface area contributed by atoms with Crippen molar-refractivity contribution in [1.82, 2.24) is 5.32 Å². The van der Waals surface area contributed by atoms with E-state index in [2.05, 4.69) is 10.2 Å². The zero-order chi connectivity index (χ0) is 21.7. The van der Waals surface area contributed by atoms with Gasteiger partial charge >= 0.3 is 0 Å². The highest BCUT2D eigenvalue weighted by Crippen LogP contribution is 2.32. The second kappa shape index (κ2) is 10.1. The van der Waals surface area contributed by atoms with Crippen molar-refractivity contribution in [2.24, 2.45) is 5.92 Å². The Labute approximate surface area is 184 Å². The highest BCUT2D eigenvalue weighted by molar-refractivity contribution is 6.42. The molecule has 29 heavy (non-hydrogen) atoms. The van der Waals surface area contributed by atoms with Gasteiger partial charge in [0, 0.05) is 5.56 Å². The molecule has 1 amide bonds. The molecule has 2 aromatic carbocycles. The van der Waals surface area contributed by atoms with E-state index in [1.165, 1.54) is 25.1 Å². The zero-order valence-electron chi connectivity index (χ0n) is 15.8. The van der Waals surface area contributed by atoms with E-state index >= 15 is 0 Å². The first-order valence-electron chi connectivity index (χ1n) is 8.75. The van der Waals surface area contributed by atoms with Crippen molar-refractivity contribution >= 4 is 52.2 Å². The monoisotopic (exact) mass is 452 g/mol. The normalized spacial score (nSPS) is 12.7. The standard InChI is InChI=1S/C21H19Cl3N2O3/c1-11-13(5-7-18(25-3)20(11)24)8-15(12(2)27)21(29)26-10-19(28)14-4-6-16(22)17(23)9-14/h4-7,9,12,15,27H,8,10H2,1-2H3,(H,26,29)/t12-,15+/m0/s1. The lowest BCUT2D eigenvalue weighted by Crippen LogP contribution is -2.40. The van der Waals surface area contributed by atoms with Crippen LogP contribution in [0.25, 0.3) is 4.85 Å². The molecule has 0 fully saturated rings. The Hall–Kier alpha value is -2.10. The largest absolute Gasteiger partial charge is 0.393 e. The van der Waals surface area contributed by atoms with Crippen molar-refractivity contribution in [2.45, 2.75) is 26.4 Å². The van der Waals surface area contributed by atoms with E-state index in [-0.39, 0.29) is 23.8 Å². The number of carbonyl (C=O) groups is 2. The van der Waals surface area contributed by atoms with Gasteiger partial charge in [-0.15, -0.1) is 0 Å². The summed E-state index contributed by atoms with van der Waals surface area (Å²) >= 11 is 18.0. The van der Waals surface area contributed by atoms with Crippen LogP contribution in [0.15, 0.2) is 30.3 Å². The zero-order valence-corrected chi connectivity index (χ0v) is 18.1. The number of nitrogens with zero attached hydrogens (tertiary/aromatic N) is 1. The lowest BCUT2D eigenvalue weighted by Gasteiger charge is -2.21. The van der Waals surface area contributed by atoms with Crippen LogP contribution in [0.5, 0.6) is 0 Å². The number of hydrogen-bond donors (Lipinski definition) is 2. The van der Waals surface area contributed by atoms with Gasteiger partial charge in [-0.3, -0.25) is 9.59 Å². The van der Waals surface area contributed by atoms with Crippen LogP contribution in [0.3, 0.4) is 0 Å². The topological polar surface area (TPSA) is 70.8 Å². The summed E-state index contributed by atoms with van der Waals surface area (Å²) < 4.78 is 0. The molecular formula is C21H19Cl3N2O3. The Kier molecular flexibility index (Phi) is 8.06. The first-order chi connectivity index (χ1) is 13.6. The van der Waals surface area contributed by atoms with E-state index < -0.39 is 17.9 Å². The van der Waals surface area contributed by atoms with Gasteiger partial charge in [-0.2, -0.15) is 0 Å². The number of benzene rings is 2. The Balaban J connectivity index is 2.10. The third-order valence-electron chi connectivity index (χ3n) is 4.62. The minimum Gasteiger partial charge on any atom is -0.393 e. The van der Waals surface area contributed by atoms with Gasteiger partial charge in [0.15, 0.2) is 5.78 Å². The number of Topliss-reactive ketones (excluding diaryl/α,β-unsaturated/α-hetero) is 1. The van der Waals surface area contributed by atoms with Gasteiger partial charge in [0.2, 0.25) is 11.6 Å². The van der Waals surface area contributed by atoms with Gasteiger partial charge in [-0.25, -0.2) is 4.85 Å². The van der Waals surface area contributed by atoms with Crippen molar-refractivity contribution in [3.8, 4) is 0 Å². The molecule has 8 heteroatoms. The highest BCUT2D eigenvalue weighted by atomic mass is 35.5. The molecule has 2 N–H and O–H groups in total. The molecule has 0 saturated heterocycles. The minimum atomic E-state index is -0.950. The van der Waals surface area contributed by atoms with Crippen LogP contribution in [0.2, 0.25) is 15.1 Å². The molecule has 0 bridgehead atoms. The SMILES string of the molecule is [C-]#[N+]c1ccc(C[C@@H](C(=O)NCC(=O)c2ccc(Cl)c(Cl)c2)[C@H](C)O)c(C)c1Cl. The van der Waals surface area contributed by atoms with Crippen molar-refractivity contribution < 1.29 is 14.7 Å². The van der Waals surface area contributed by atoms with Crippen LogP contribution < -0.4 is 5.32 Å². The van der Waals surface area contributed by atoms with E-state index in [4.69, 9.17) is 41.4 Å². The average molecular weight is 454 g/mol. The number of amides is 1. The van der Waals surface area contributed by atoms with Crippen LogP contribution in [0.4, 0.5) is 5.69 Å². The van der Waals surface area contributed by atoms with Crippen molar-refractivity contribution in [1.29, 1.82) is 0 Å². The van der Waals surface area contributed by atoms with Gasteiger partial charge in [0.1, 0.15) is 0 Å². The quantitative estimate of drug-likeness (QED) is 0.455. The lowest BCUT2D eigenvalue weighted by atomic mass is 9.91. The van der Waals surface area contributed by atoms with Crippen LogP contribution in [0.1, 0.15) is 28.4 Å². The summed E-state index contributed by atoms with van der Waals surface area (Å²) in [5.41, 5.74) is 2.09. The molecule has 0 aliphatic rings. The Morgan fingerprint density at radius 2 is 1.86 bits per heavy atom. The number of halogens is 3. The van der Waals surface area contributed by atoms with Crippen molar-refractivity contribution in [3.63, 3.8) is 0 Å². The van der Waals surface area contributed by atoms with Crippen LogP contribution >= 0.6 is 34.8 Å². The van der Waals surface area contributed by atoms with Gasteiger partial charge in [-0.1, -0.05) is 46.9 Å². The second-order valence-electron chi connectivity index (χ2n) is 6.62. The summed E-state index contributed by atoms with van der Waals surface area (Å²) in [5.74, 6) is -1.58. The van der Waals surface area contributed by atoms with E-state index in [0.717, 1.165) is 5.56 Å². The predicted molar refractivity (Wildman–Crippen MR) is 115 cm³/mol. The molecule has 2 atom stereocenters. The molecule has 0 heterocycles. The molecule has 152 valence electrons. The van der Waals surface area contributed by atoms with Gasteiger partial charge in [0.05, 0.1) is 40.2 Å². The highest BCUT2D eigenvalue weighted by Gasteiger charge is 2.26. The van der Waals surface area contributed by atoms with Crippen LogP contribution in [-0.4, -0.2) is 29.4 Å². The van der Waals surface area contributed by atoms with Crippen molar-refractivity contribution in [2.75, 3.05) is 6.54 Å².